The summed E-state index contributed by atoms with van der Waals surface area (Å²) in [4.78, 5) is 10.1. The van der Waals surface area contributed by atoms with Crippen molar-refractivity contribution in [3.63, 3.8) is 0 Å². The number of rotatable bonds is 4. The van der Waals surface area contributed by atoms with Crippen molar-refractivity contribution >= 4 is 17.1 Å². The summed E-state index contributed by atoms with van der Waals surface area (Å²) in [6.07, 6.45) is 0. The van der Waals surface area contributed by atoms with Crippen LogP contribution in [-0.4, -0.2) is 4.92 Å². The van der Waals surface area contributed by atoms with Gasteiger partial charge in [0.1, 0.15) is 0 Å². The molecule has 2 rings (SSSR count). The summed E-state index contributed by atoms with van der Waals surface area (Å²) in [5.41, 5.74) is 8.28. The van der Waals surface area contributed by atoms with Gasteiger partial charge in [-0.1, -0.05) is 12.1 Å². The summed E-state index contributed by atoms with van der Waals surface area (Å²) in [6, 6.07) is 13.5. The van der Waals surface area contributed by atoms with Crippen molar-refractivity contribution in [3.8, 4) is 6.07 Å². The summed E-state index contributed by atoms with van der Waals surface area (Å²) in [6.45, 7) is 0.522. The summed E-state index contributed by atoms with van der Waals surface area (Å²) in [7, 11) is 0. The number of anilines is 2. The van der Waals surface area contributed by atoms with Gasteiger partial charge in [0.25, 0.3) is 5.69 Å². The lowest BCUT2D eigenvalue weighted by molar-refractivity contribution is -0.384. The highest BCUT2D eigenvalue weighted by atomic mass is 16.6. The van der Waals surface area contributed by atoms with Crippen LogP contribution in [0.25, 0.3) is 0 Å². The summed E-state index contributed by atoms with van der Waals surface area (Å²) in [5.74, 6) is 0. The van der Waals surface area contributed by atoms with Gasteiger partial charge in [-0.25, -0.2) is 0 Å². The first kappa shape index (κ1) is 13.4. The van der Waals surface area contributed by atoms with E-state index >= 15 is 0 Å². The van der Waals surface area contributed by atoms with Crippen LogP contribution in [0.2, 0.25) is 0 Å². The van der Waals surface area contributed by atoms with Crippen molar-refractivity contribution in [2.24, 2.45) is 0 Å². The normalized spacial score (nSPS) is 9.75. The number of hydrogen-bond donors (Lipinski definition) is 2. The van der Waals surface area contributed by atoms with Gasteiger partial charge in [-0.3, -0.25) is 10.1 Å². The third-order valence-corrected chi connectivity index (χ3v) is 2.81. The second-order valence-electron chi connectivity index (χ2n) is 4.19. The van der Waals surface area contributed by atoms with E-state index in [9.17, 15) is 10.1 Å². The number of nitro benzene ring substituents is 1. The quantitative estimate of drug-likeness (QED) is 0.504. The maximum absolute atomic E-state index is 10.6. The zero-order valence-corrected chi connectivity index (χ0v) is 10.5. The predicted octanol–water partition coefficient (Wildman–Crippen LogP) is 2.66. The highest BCUT2D eigenvalue weighted by molar-refractivity contribution is 5.69. The number of nitro groups is 1. The number of nitrogens with zero attached hydrogens (tertiary/aromatic N) is 2. The van der Waals surface area contributed by atoms with Crippen LogP contribution in [0.4, 0.5) is 17.1 Å². The largest absolute Gasteiger partial charge is 0.397 e. The molecule has 0 bridgehead atoms. The molecule has 0 fully saturated rings. The number of nitrogen functional groups attached to an aromatic ring is 1. The fraction of sp³-hybridized carbons (Fsp3) is 0.0714. The van der Waals surface area contributed by atoms with E-state index in [1.54, 1.807) is 18.2 Å². The summed E-state index contributed by atoms with van der Waals surface area (Å²) < 4.78 is 0. The molecule has 0 saturated carbocycles. The van der Waals surface area contributed by atoms with Crippen LogP contribution in [0.3, 0.4) is 0 Å². The third kappa shape index (κ3) is 3.03. The highest BCUT2D eigenvalue weighted by Crippen LogP contribution is 2.24. The molecule has 20 heavy (non-hydrogen) atoms. The minimum Gasteiger partial charge on any atom is -0.397 e. The van der Waals surface area contributed by atoms with Crippen LogP contribution < -0.4 is 11.1 Å². The van der Waals surface area contributed by atoms with Crippen molar-refractivity contribution in [3.05, 3.63) is 63.7 Å². The maximum Gasteiger partial charge on any atom is 0.271 e. The van der Waals surface area contributed by atoms with E-state index in [4.69, 9.17) is 11.0 Å². The Morgan fingerprint density at radius 2 is 1.95 bits per heavy atom. The van der Waals surface area contributed by atoms with Gasteiger partial charge in [0.2, 0.25) is 0 Å². The molecule has 2 aromatic rings. The number of nitrogens with two attached hydrogens (primary N) is 1. The lowest BCUT2D eigenvalue weighted by atomic mass is 10.1. The van der Waals surface area contributed by atoms with Gasteiger partial charge in [-0.2, -0.15) is 5.26 Å². The minimum absolute atomic E-state index is 0.0357. The van der Waals surface area contributed by atoms with E-state index in [1.807, 2.05) is 18.2 Å². The number of nitrogens with one attached hydrogen (secondary N) is 1. The van der Waals surface area contributed by atoms with E-state index in [0.717, 1.165) is 5.56 Å². The molecule has 0 unspecified atom stereocenters. The molecule has 0 aliphatic heterocycles. The summed E-state index contributed by atoms with van der Waals surface area (Å²) >= 11 is 0. The van der Waals surface area contributed by atoms with Crippen LogP contribution in [0.1, 0.15) is 11.1 Å². The van der Waals surface area contributed by atoms with Crippen molar-refractivity contribution in [2.75, 3.05) is 11.1 Å². The topological polar surface area (TPSA) is 105 Å². The standard InChI is InChI=1S/C14H12N4O2/c15-8-10-1-3-11(4-2-10)9-17-14-6-5-12(18(19)20)7-13(14)16/h1-7,17H,9,16H2. The zero-order chi connectivity index (χ0) is 14.5. The third-order valence-electron chi connectivity index (χ3n) is 2.81. The molecular weight excluding hydrogens is 256 g/mol. The second-order valence-corrected chi connectivity index (χ2v) is 4.19. The van der Waals surface area contributed by atoms with Crippen LogP contribution in [0.5, 0.6) is 0 Å². The molecule has 0 amide bonds. The van der Waals surface area contributed by atoms with Gasteiger partial charge in [0.05, 0.1) is 27.9 Å². The Bertz CT molecular complexity index is 675. The molecule has 0 aliphatic carbocycles. The Labute approximate surface area is 115 Å². The lowest BCUT2D eigenvalue weighted by Crippen LogP contribution is -2.03. The van der Waals surface area contributed by atoms with Crippen LogP contribution in [0.15, 0.2) is 42.5 Å². The van der Waals surface area contributed by atoms with Crippen LogP contribution in [-0.2, 0) is 6.54 Å². The molecule has 100 valence electrons. The molecule has 0 saturated heterocycles. The molecule has 0 aliphatic rings. The molecule has 3 N–H and O–H groups in total. The molecule has 6 heteroatoms. The fourth-order valence-corrected chi connectivity index (χ4v) is 1.72. The van der Waals surface area contributed by atoms with Gasteiger partial charge in [0, 0.05) is 18.7 Å². The Morgan fingerprint density at radius 1 is 1.25 bits per heavy atom. The highest BCUT2D eigenvalue weighted by Gasteiger charge is 2.08. The SMILES string of the molecule is N#Cc1ccc(CNc2ccc([N+](=O)[O-])cc2N)cc1. The maximum atomic E-state index is 10.6. The lowest BCUT2D eigenvalue weighted by Gasteiger charge is -2.09. The summed E-state index contributed by atoms with van der Waals surface area (Å²) in [5, 5.41) is 22.4. The molecule has 0 aromatic heterocycles. The second kappa shape index (κ2) is 5.71. The molecular formula is C14H12N4O2. The fourth-order valence-electron chi connectivity index (χ4n) is 1.72. The van der Waals surface area contributed by atoms with Crippen LogP contribution in [0, 0.1) is 21.4 Å². The van der Waals surface area contributed by atoms with Gasteiger partial charge < -0.3 is 11.1 Å². The first-order chi connectivity index (χ1) is 9.60. The van der Waals surface area contributed by atoms with Crippen LogP contribution >= 0.6 is 0 Å². The van der Waals surface area contributed by atoms with Gasteiger partial charge in [-0.15, -0.1) is 0 Å². The monoisotopic (exact) mass is 268 g/mol. The van der Waals surface area contributed by atoms with E-state index in [1.165, 1.54) is 12.1 Å². The number of benzene rings is 2. The van der Waals surface area contributed by atoms with Gasteiger partial charge >= 0.3 is 0 Å². The Hall–Kier alpha value is -3.07. The van der Waals surface area contributed by atoms with E-state index < -0.39 is 4.92 Å². The van der Waals surface area contributed by atoms with Crippen molar-refractivity contribution in [1.29, 1.82) is 5.26 Å². The Kier molecular flexibility index (Phi) is 3.82. The first-order valence-electron chi connectivity index (χ1n) is 5.87. The Balaban J connectivity index is 2.07. The predicted molar refractivity (Wildman–Crippen MR) is 76.0 cm³/mol. The molecule has 2 aromatic carbocycles. The molecule has 0 heterocycles. The van der Waals surface area contributed by atoms with Gasteiger partial charge in [0.15, 0.2) is 0 Å². The van der Waals surface area contributed by atoms with Crippen molar-refractivity contribution in [2.45, 2.75) is 6.54 Å². The van der Waals surface area contributed by atoms with Gasteiger partial charge in [-0.05, 0) is 23.8 Å². The first-order valence-corrected chi connectivity index (χ1v) is 5.87. The minimum atomic E-state index is -0.485. The average molecular weight is 268 g/mol. The molecule has 0 atom stereocenters. The average Bonchev–Trinajstić information content (AvgIpc) is 2.46. The van der Waals surface area contributed by atoms with Crippen molar-refractivity contribution < 1.29 is 4.92 Å². The smallest absolute Gasteiger partial charge is 0.271 e. The molecule has 0 spiro atoms. The zero-order valence-electron chi connectivity index (χ0n) is 10.5. The van der Waals surface area contributed by atoms with Crippen molar-refractivity contribution in [1.82, 2.24) is 0 Å². The number of nitriles is 1. The number of hydrogen-bond acceptors (Lipinski definition) is 5. The van der Waals surface area contributed by atoms with E-state index in [0.29, 0.717) is 23.5 Å². The Morgan fingerprint density at radius 3 is 2.50 bits per heavy atom. The molecule has 0 radical (unpaired) electrons. The van der Waals surface area contributed by atoms with E-state index in [-0.39, 0.29) is 5.69 Å². The number of non-ortho nitro benzene ring substituents is 1. The molecule has 6 nitrogen and oxygen atoms in total. The van der Waals surface area contributed by atoms with E-state index in [2.05, 4.69) is 5.32 Å².